The number of nitrogens with zero attached hydrogens (tertiary/aromatic N) is 5. The highest BCUT2D eigenvalue weighted by atomic mass is 16.3. The van der Waals surface area contributed by atoms with Crippen LogP contribution in [0, 0.1) is 0 Å². The van der Waals surface area contributed by atoms with Crippen molar-refractivity contribution in [3.63, 3.8) is 0 Å². The van der Waals surface area contributed by atoms with Crippen LogP contribution in [0.4, 0.5) is 0 Å². The SMILES string of the molecule is c1ccc(-c2ccc(-c3nc(-c4ccccc4)nc(-c4ccc(-c5cccc(-c6c7ncccc7nc7oc8ccccc8c67)c5)cc4)n3)cc2)cc1. The first-order valence-electron chi connectivity index (χ1n) is 17.5. The molecule has 0 radical (unpaired) electrons. The van der Waals surface area contributed by atoms with E-state index >= 15 is 0 Å². The summed E-state index contributed by atoms with van der Waals surface area (Å²) in [6, 6.07) is 57.8. The Bertz CT molecular complexity index is 2920. The second-order valence-corrected chi connectivity index (χ2v) is 12.9. The van der Waals surface area contributed by atoms with Gasteiger partial charge in [0, 0.05) is 33.8 Å². The molecule has 0 aliphatic heterocycles. The Morgan fingerprint density at radius 2 is 0.887 bits per heavy atom. The van der Waals surface area contributed by atoms with E-state index < -0.39 is 0 Å². The monoisotopic (exact) mass is 679 g/mol. The molecule has 0 unspecified atom stereocenters. The molecule has 0 amide bonds. The maximum atomic E-state index is 6.23. The van der Waals surface area contributed by atoms with Gasteiger partial charge < -0.3 is 4.42 Å². The first-order valence-corrected chi connectivity index (χ1v) is 17.5. The van der Waals surface area contributed by atoms with Crippen LogP contribution in [0.1, 0.15) is 0 Å². The van der Waals surface area contributed by atoms with Crippen molar-refractivity contribution in [3.05, 3.63) is 176 Å². The minimum atomic E-state index is 0.607. The van der Waals surface area contributed by atoms with Gasteiger partial charge in [-0.3, -0.25) is 4.98 Å². The summed E-state index contributed by atoms with van der Waals surface area (Å²) in [6.07, 6.45) is 1.82. The molecule has 0 aliphatic rings. The molecule has 0 atom stereocenters. The third-order valence-electron chi connectivity index (χ3n) is 9.62. The number of aromatic nitrogens is 5. The van der Waals surface area contributed by atoms with Gasteiger partial charge in [0.25, 0.3) is 0 Å². The third kappa shape index (κ3) is 5.59. The van der Waals surface area contributed by atoms with Crippen molar-refractivity contribution < 1.29 is 4.42 Å². The molecule has 4 aromatic heterocycles. The van der Waals surface area contributed by atoms with E-state index in [1.165, 1.54) is 5.56 Å². The number of pyridine rings is 2. The quantitative estimate of drug-likeness (QED) is 0.174. The smallest absolute Gasteiger partial charge is 0.228 e. The fraction of sp³-hybridized carbons (Fsp3) is 0. The van der Waals surface area contributed by atoms with Crippen LogP contribution in [0.15, 0.2) is 180 Å². The molecule has 6 heteroatoms. The molecule has 0 aliphatic carbocycles. The fourth-order valence-corrected chi connectivity index (χ4v) is 7.00. The highest BCUT2D eigenvalue weighted by molar-refractivity contribution is 6.17. The number of rotatable bonds is 6. The Labute approximate surface area is 305 Å². The Morgan fingerprint density at radius 3 is 1.57 bits per heavy atom. The predicted octanol–water partition coefficient (Wildman–Crippen LogP) is 11.7. The minimum Gasteiger partial charge on any atom is -0.438 e. The zero-order valence-electron chi connectivity index (χ0n) is 28.4. The summed E-state index contributed by atoms with van der Waals surface area (Å²) in [5.74, 6) is 1.87. The lowest BCUT2D eigenvalue weighted by Crippen LogP contribution is -2.00. The molecule has 0 fully saturated rings. The van der Waals surface area contributed by atoms with Gasteiger partial charge in [-0.1, -0.05) is 146 Å². The molecule has 10 rings (SSSR count). The van der Waals surface area contributed by atoms with Crippen LogP contribution in [0.2, 0.25) is 0 Å². The number of para-hydroxylation sites is 1. The lowest BCUT2D eigenvalue weighted by molar-refractivity contribution is 0.656. The van der Waals surface area contributed by atoms with Gasteiger partial charge in [-0.25, -0.2) is 19.9 Å². The zero-order chi connectivity index (χ0) is 35.1. The summed E-state index contributed by atoms with van der Waals surface area (Å²) >= 11 is 0. The summed E-state index contributed by atoms with van der Waals surface area (Å²) < 4.78 is 6.23. The molecule has 0 spiro atoms. The van der Waals surface area contributed by atoms with E-state index in [1.54, 1.807) is 0 Å². The van der Waals surface area contributed by atoms with Crippen molar-refractivity contribution in [1.82, 2.24) is 24.9 Å². The van der Waals surface area contributed by atoms with Crippen LogP contribution in [0.5, 0.6) is 0 Å². The van der Waals surface area contributed by atoms with E-state index in [-0.39, 0.29) is 0 Å². The van der Waals surface area contributed by atoms with E-state index in [9.17, 15) is 0 Å². The molecule has 248 valence electrons. The first-order chi connectivity index (χ1) is 26.2. The predicted molar refractivity (Wildman–Crippen MR) is 213 cm³/mol. The van der Waals surface area contributed by atoms with Crippen LogP contribution in [0.25, 0.3) is 101 Å². The van der Waals surface area contributed by atoms with Crippen LogP contribution in [-0.2, 0) is 0 Å². The van der Waals surface area contributed by atoms with Crippen LogP contribution in [-0.4, -0.2) is 24.9 Å². The first kappa shape index (κ1) is 30.5. The summed E-state index contributed by atoms with van der Waals surface area (Å²) in [4.78, 5) is 24.5. The van der Waals surface area contributed by atoms with Gasteiger partial charge in [0.1, 0.15) is 5.58 Å². The molecule has 10 aromatic rings. The van der Waals surface area contributed by atoms with Gasteiger partial charge in [0.2, 0.25) is 5.71 Å². The van der Waals surface area contributed by atoms with E-state index in [0.717, 1.165) is 71.9 Å². The van der Waals surface area contributed by atoms with Gasteiger partial charge in [0.05, 0.1) is 16.4 Å². The highest BCUT2D eigenvalue weighted by Crippen LogP contribution is 2.40. The van der Waals surface area contributed by atoms with E-state index in [0.29, 0.717) is 23.2 Å². The van der Waals surface area contributed by atoms with Crippen molar-refractivity contribution in [2.24, 2.45) is 0 Å². The maximum absolute atomic E-state index is 6.23. The summed E-state index contributed by atoms with van der Waals surface area (Å²) in [5.41, 5.74) is 12.3. The Morgan fingerprint density at radius 1 is 0.377 bits per heavy atom. The van der Waals surface area contributed by atoms with E-state index in [2.05, 4.69) is 103 Å². The van der Waals surface area contributed by atoms with Crippen LogP contribution in [0.3, 0.4) is 0 Å². The van der Waals surface area contributed by atoms with Gasteiger partial charge in [-0.2, -0.15) is 0 Å². The Balaban J connectivity index is 1.04. The van der Waals surface area contributed by atoms with Crippen molar-refractivity contribution in [2.45, 2.75) is 0 Å². The molecule has 4 heterocycles. The molecule has 0 N–H and O–H groups in total. The fourth-order valence-electron chi connectivity index (χ4n) is 7.00. The van der Waals surface area contributed by atoms with E-state index in [4.69, 9.17) is 29.3 Å². The molecule has 0 saturated carbocycles. The maximum Gasteiger partial charge on any atom is 0.228 e. The lowest BCUT2D eigenvalue weighted by atomic mass is 9.95. The molecular weight excluding hydrogens is 651 g/mol. The van der Waals surface area contributed by atoms with Crippen LogP contribution >= 0.6 is 0 Å². The largest absolute Gasteiger partial charge is 0.438 e. The third-order valence-corrected chi connectivity index (χ3v) is 9.62. The summed E-state index contributed by atoms with van der Waals surface area (Å²) in [7, 11) is 0. The van der Waals surface area contributed by atoms with Gasteiger partial charge in [-0.05, 0) is 52.1 Å². The van der Waals surface area contributed by atoms with Crippen molar-refractivity contribution in [3.8, 4) is 67.5 Å². The van der Waals surface area contributed by atoms with Crippen LogP contribution < -0.4 is 0 Å². The average molecular weight is 680 g/mol. The van der Waals surface area contributed by atoms with Gasteiger partial charge in [0.15, 0.2) is 17.5 Å². The topological polar surface area (TPSA) is 77.6 Å². The second-order valence-electron chi connectivity index (χ2n) is 12.9. The van der Waals surface area contributed by atoms with Crippen molar-refractivity contribution in [2.75, 3.05) is 0 Å². The van der Waals surface area contributed by atoms with Crippen molar-refractivity contribution >= 4 is 33.1 Å². The standard InChI is InChI=1S/C47H29N5O/c1-3-11-30(12-4-1)31-20-24-34(25-21-31)45-50-44(33-13-5-2-6-14-33)51-46(52-45)35-26-22-32(23-27-35)36-15-9-16-37(29-36)41-42-38-17-7-8-19-40(38)53-47(42)49-39-18-10-28-48-43(39)41/h1-29H. The Kier molecular flexibility index (Phi) is 7.36. The number of hydrogen-bond donors (Lipinski definition) is 0. The van der Waals surface area contributed by atoms with Gasteiger partial charge in [-0.15, -0.1) is 0 Å². The van der Waals surface area contributed by atoms with Gasteiger partial charge >= 0.3 is 0 Å². The molecule has 0 bridgehead atoms. The highest BCUT2D eigenvalue weighted by Gasteiger charge is 2.19. The second kappa shape index (κ2) is 12.8. The number of furan rings is 1. The normalized spacial score (nSPS) is 11.4. The lowest BCUT2D eigenvalue weighted by Gasteiger charge is -2.11. The van der Waals surface area contributed by atoms with Crippen molar-refractivity contribution in [1.29, 1.82) is 0 Å². The molecule has 53 heavy (non-hydrogen) atoms. The summed E-state index contributed by atoms with van der Waals surface area (Å²) in [6.45, 7) is 0. The minimum absolute atomic E-state index is 0.607. The molecule has 0 saturated heterocycles. The molecule has 6 aromatic carbocycles. The number of fused-ring (bicyclic) bond motifs is 4. The molecular formula is C47H29N5O. The summed E-state index contributed by atoms with van der Waals surface area (Å²) in [5, 5.41) is 1.99. The molecule has 6 nitrogen and oxygen atoms in total. The Hall–Kier alpha value is -7.31. The van der Waals surface area contributed by atoms with E-state index in [1.807, 2.05) is 72.9 Å². The number of hydrogen-bond acceptors (Lipinski definition) is 6. The average Bonchev–Trinajstić information content (AvgIpc) is 3.61. The zero-order valence-corrected chi connectivity index (χ0v) is 28.4. The number of benzene rings is 6.